The van der Waals surface area contributed by atoms with E-state index < -0.39 is 6.61 Å². The fourth-order valence-electron chi connectivity index (χ4n) is 3.31. The number of amides is 1. The Bertz CT molecular complexity index is 578. The first-order valence-corrected chi connectivity index (χ1v) is 9.08. The topological polar surface area (TPSA) is 59.6 Å². The van der Waals surface area contributed by atoms with E-state index in [1.165, 1.54) is 19.6 Å². The van der Waals surface area contributed by atoms with E-state index in [4.69, 9.17) is 4.74 Å². The Labute approximate surface area is 153 Å². The molecule has 2 N–H and O–H groups in total. The van der Waals surface area contributed by atoms with Crippen molar-refractivity contribution >= 4 is 5.91 Å². The van der Waals surface area contributed by atoms with Crippen molar-refractivity contribution in [1.29, 1.82) is 0 Å². The van der Waals surface area contributed by atoms with Crippen LogP contribution in [0.4, 0.5) is 8.78 Å². The third-order valence-electron chi connectivity index (χ3n) is 4.83. The summed E-state index contributed by atoms with van der Waals surface area (Å²) < 4.78 is 34.4. The number of rotatable bonds is 9. The summed E-state index contributed by atoms with van der Waals surface area (Å²) in [6.45, 7) is 1.71. The van der Waals surface area contributed by atoms with E-state index in [1.807, 2.05) is 0 Å². The minimum absolute atomic E-state index is 0.00440. The number of ether oxygens (including phenoxy) is 2. The molecule has 1 aliphatic heterocycles. The van der Waals surface area contributed by atoms with Crippen molar-refractivity contribution in [3.8, 4) is 11.5 Å². The zero-order valence-corrected chi connectivity index (χ0v) is 15.4. The highest BCUT2D eigenvalue weighted by atomic mass is 19.3. The summed E-state index contributed by atoms with van der Waals surface area (Å²) >= 11 is 0. The van der Waals surface area contributed by atoms with Gasteiger partial charge in [-0.05, 0) is 61.9 Å². The highest BCUT2D eigenvalue weighted by Crippen LogP contribution is 2.29. The monoisotopic (exact) mass is 370 g/mol. The van der Waals surface area contributed by atoms with E-state index in [0.29, 0.717) is 31.2 Å². The minimum atomic E-state index is -2.91. The average molecular weight is 370 g/mol. The molecular weight excluding hydrogens is 342 g/mol. The largest absolute Gasteiger partial charge is 0.493 e. The van der Waals surface area contributed by atoms with Crippen LogP contribution < -0.4 is 20.1 Å². The van der Waals surface area contributed by atoms with Crippen LogP contribution in [-0.4, -0.2) is 39.3 Å². The predicted molar refractivity (Wildman–Crippen MR) is 95.7 cm³/mol. The zero-order chi connectivity index (χ0) is 18.9. The van der Waals surface area contributed by atoms with E-state index in [2.05, 4.69) is 22.3 Å². The van der Waals surface area contributed by atoms with Gasteiger partial charge in [0.15, 0.2) is 11.5 Å². The van der Waals surface area contributed by atoms with Gasteiger partial charge in [-0.15, -0.1) is 0 Å². The molecule has 0 saturated carbocycles. The summed E-state index contributed by atoms with van der Waals surface area (Å²) in [6, 6.07) is 4.89. The summed E-state index contributed by atoms with van der Waals surface area (Å²) in [5.74, 6) is 1.18. The van der Waals surface area contributed by atoms with Crippen LogP contribution in [0.25, 0.3) is 0 Å². The van der Waals surface area contributed by atoms with Gasteiger partial charge in [0, 0.05) is 13.0 Å². The van der Waals surface area contributed by atoms with Crippen LogP contribution in [0.15, 0.2) is 18.2 Å². The Morgan fingerprint density at radius 3 is 2.85 bits per heavy atom. The van der Waals surface area contributed by atoms with Crippen LogP contribution in [0, 0.1) is 11.8 Å². The van der Waals surface area contributed by atoms with Gasteiger partial charge >= 0.3 is 6.61 Å². The van der Waals surface area contributed by atoms with Gasteiger partial charge in [0.25, 0.3) is 0 Å². The summed E-state index contributed by atoms with van der Waals surface area (Å²) in [6.07, 6.45) is 3.38. The van der Waals surface area contributed by atoms with Crippen LogP contribution in [0.5, 0.6) is 11.5 Å². The zero-order valence-electron chi connectivity index (χ0n) is 15.4. The third kappa shape index (κ3) is 6.44. The number of nitrogens with one attached hydrogen (secondary N) is 2. The molecule has 1 heterocycles. The Morgan fingerprint density at radius 1 is 1.38 bits per heavy atom. The molecule has 7 heteroatoms. The van der Waals surface area contributed by atoms with Crippen LogP contribution >= 0.6 is 0 Å². The third-order valence-corrected chi connectivity index (χ3v) is 4.83. The second-order valence-electron chi connectivity index (χ2n) is 6.75. The lowest BCUT2D eigenvalue weighted by atomic mass is 9.85. The molecule has 0 aromatic heterocycles. The first kappa shape index (κ1) is 20.4. The van der Waals surface area contributed by atoms with Gasteiger partial charge in [0.2, 0.25) is 5.91 Å². The molecule has 2 unspecified atom stereocenters. The van der Waals surface area contributed by atoms with Gasteiger partial charge in [0.05, 0.1) is 7.11 Å². The SMILES string of the molecule is COc1ccc(CCNC(=O)CC(C)C2CCCNC2)cc1OC(F)F. The van der Waals surface area contributed by atoms with Gasteiger partial charge in [-0.2, -0.15) is 8.78 Å². The molecule has 1 aromatic rings. The lowest BCUT2D eigenvalue weighted by Gasteiger charge is -2.28. The van der Waals surface area contributed by atoms with Crippen molar-refractivity contribution in [2.75, 3.05) is 26.7 Å². The van der Waals surface area contributed by atoms with Gasteiger partial charge in [0.1, 0.15) is 0 Å². The fraction of sp³-hybridized carbons (Fsp3) is 0.632. The highest BCUT2D eigenvalue weighted by Gasteiger charge is 2.21. The van der Waals surface area contributed by atoms with E-state index in [0.717, 1.165) is 25.1 Å². The molecule has 2 atom stereocenters. The fourth-order valence-corrected chi connectivity index (χ4v) is 3.31. The number of carbonyl (C=O) groups is 1. The average Bonchev–Trinajstić information content (AvgIpc) is 2.62. The second kappa shape index (κ2) is 10.3. The molecule has 2 rings (SSSR count). The maximum absolute atomic E-state index is 12.5. The van der Waals surface area contributed by atoms with Gasteiger partial charge < -0.3 is 20.1 Å². The summed E-state index contributed by atoms with van der Waals surface area (Å²) in [7, 11) is 1.40. The highest BCUT2D eigenvalue weighted by molar-refractivity contribution is 5.76. The smallest absolute Gasteiger partial charge is 0.387 e. The second-order valence-corrected chi connectivity index (χ2v) is 6.75. The van der Waals surface area contributed by atoms with Crippen molar-refractivity contribution in [1.82, 2.24) is 10.6 Å². The minimum Gasteiger partial charge on any atom is -0.493 e. The normalized spacial score (nSPS) is 18.4. The van der Waals surface area contributed by atoms with Crippen LogP contribution in [0.2, 0.25) is 0 Å². The predicted octanol–water partition coefficient (Wildman–Crippen LogP) is 2.98. The van der Waals surface area contributed by atoms with E-state index >= 15 is 0 Å². The summed E-state index contributed by atoms with van der Waals surface area (Å²) in [4.78, 5) is 12.1. The molecule has 0 radical (unpaired) electrons. The number of hydrogen-bond donors (Lipinski definition) is 2. The molecule has 146 valence electrons. The summed E-state index contributed by atoms with van der Waals surface area (Å²) in [5, 5.41) is 6.28. The Kier molecular flexibility index (Phi) is 8.09. The first-order valence-electron chi connectivity index (χ1n) is 9.08. The number of benzene rings is 1. The maximum atomic E-state index is 12.5. The van der Waals surface area contributed by atoms with Crippen molar-refractivity contribution < 1.29 is 23.0 Å². The summed E-state index contributed by atoms with van der Waals surface area (Å²) in [5.41, 5.74) is 0.797. The van der Waals surface area contributed by atoms with Crippen LogP contribution in [0.3, 0.4) is 0 Å². The molecule has 1 fully saturated rings. The quantitative estimate of drug-likeness (QED) is 0.702. The first-order chi connectivity index (χ1) is 12.5. The molecule has 1 aromatic carbocycles. The Balaban J connectivity index is 1.78. The van der Waals surface area contributed by atoms with E-state index in [9.17, 15) is 13.6 Å². The number of alkyl halides is 2. The van der Waals surface area contributed by atoms with Crippen LogP contribution in [-0.2, 0) is 11.2 Å². The molecule has 0 aliphatic carbocycles. The number of halogens is 2. The number of carbonyl (C=O) groups excluding carboxylic acids is 1. The van der Waals surface area contributed by atoms with Gasteiger partial charge in [-0.1, -0.05) is 13.0 Å². The van der Waals surface area contributed by atoms with Gasteiger partial charge in [-0.25, -0.2) is 0 Å². The lowest BCUT2D eigenvalue weighted by Crippen LogP contribution is -2.36. The van der Waals surface area contributed by atoms with E-state index in [-0.39, 0.29) is 17.4 Å². The number of hydrogen-bond acceptors (Lipinski definition) is 4. The molecule has 0 spiro atoms. The Morgan fingerprint density at radius 2 is 2.19 bits per heavy atom. The molecule has 1 saturated heterocycles. The van der Waals surface area contributed by atoms with Crippen LogP contribution in [0.1, 0.15) is 31.7 Å². The lowest BCUT2D eigenvalue weighted by molar-refractivity contribution is -0.122. The maximum Gasteiger partial charge on any atom is 0.387 e. The van der Waals surface area contributed by atoms with Crippen molar-refractivity contribution in [3.63, 3.8) is 0 Å². The molecule has 1 aliphatic rings. The van der Waals surface area contributed by atoms with E-state index in [1.54, 1.807) is 12.1 Å². The molecular formula is C19H28F2N2O3. The van der Waals surface area contributed by atoms with Gasteiger partial charge in [-0.3, -0.25) is 4.79 Å². The van der Waals surface area contributed by atoms with Crippen molar-refractivity contribution in [2.45, 2.75) is 39.2 Å². The Hall–Kier alpha value is -1.89. The number of piperidine rings is 1. The standard InChI is InChI=1S/C19H28F2N2O3/c1-13(15-4-3-8-22-12-15)10-18(24)23-9-7-14-5-6-16(25-2)17(11-14)26-19(20)21/h5-6,11,13,15,19,22H,3-4,7-10,12H2,1-2H3,(H,23,24). The number of methoxy groups -OCH3 is 1. The molecule has 26 heavy (non-hydrogen) atoms. The molecule has 0 bridgehead atoms. The van der Waals surface area contributed by atoms with Crippen molar-refractivity contribution in [3.05, 3.63) is 23.8 Å². The molecule has 1 amide bonds. The van der Waals surface area contributed by atoms with Crippen molar-refractivity contribution in [2.24, 2.45) is 11.8 Å². The molecule has 5 nitrogen and oxygen atoms in total.